The molecule has 4 aliphatic rings. The molecule has 190 valence electrons. The Balaban J connectivity index is 1.97. The van der Waals surface area contributed by atoms with Gasteiger partial charge in [0, 0.05) is 7.26 Å². The van der Waals surface area contributed by atoms with Crippen LogP contribution in [0, 0.1) is 5.92 Å². The molecule has 4 saturated heterocycles. The van der Waals surface area contributed by atoms with Crippen molar-refractivity contribution in [2.24, 2.45) is 5.92 Å². The number of aliphatic hydroxyl groups excluding tert-OH is 1. The van der Waals surface area contributed by atoms with E-state index in [0.717, 1.165) is 68.1 Å². The predicted molar refractivity (Wildman–Crippen MR) is 129 cm³/mol. The molecule has 0 aromatic carbocycles. The lowest BCUT2D eigenvalue weighted by Gasteiger charge is -2.52. The van der Waals surface area contributed by atoms with Gasteiger partial charge < -0.3 is 25.4 Å². The van der Waals surface area contributed by atoms with Gasteiger partial charge in [0.15, 0.2) is 0 Å². The van der Waals surface area contributed by atoms with Crippen molar-refractivity contribution >= 4 is 19.1 Å². The Morgan fingerprint density at radius 2 is 1.61 bits per heavy atom. The van der Waals surface area contributed by atoms with Crippen molar-refractivity contribution < 1.29 is 29.6 Å². The number of nitrogens with one attached hydrogen (secondary N) is 1. The van der Waals surface area contributed by atoms with Crippen LogP contribution in [0.4, 0.5) is 0 Å². The number of fused-ring (bicyclic) bond motifs is 4. The quantitative estimate of drug-likeness (QED) is 0.331. The summed E-state index contributed by atoms with van der Waals surface area (Å²) in [4.78, 5) is 28.0. The summed E-state index contributed by atoms with van der Waals surface area (Å²) >= 11 is 0. The molecule has 0 aliphatic carbocycles. The number of nitrogens with zero attached hydrogens (tertiary/aromatic N) is 1. The first-order valence-corrected chi connectivity index (χ1v) is 15.3. The minimum Gasteiger partial charge on any atom is -0.385 e. The van der Waals surface area contributed by atoms with Crippen LogP contribution in [-0.4, -0.2) is 93.0 Å². The number of hydrogen-bond donors (Lipinski definition) is 4. The molecule has 4 aliphatic heterocycles. The second-order valence-electron chi connectivity index (χ2n) is 10.7. The molecule has 33 heavy (non-hydrogen) atoms. The van der Waals surface area contributed by atoms with Crippen molar-refractivity contribution in [2.45, 2.75) is 95.8 Å². The van der Waals surface area contributed by atoms with E-state index < -0.39 is 48.1 Å². The Hall–Kier alpha value is -0.790. The summed E-state index contributed by atoms with van der Waals surface area (Å²) in [6.07, 6.45) is 9.69. The number of piperazine rings is 1. The molecule has 4 N–H and O–H groups in total. The minimum absolute atomic E-state index is 0.132. The van der Waals surface area contributed by atoms with E-state index in [4.69, 9.17) is 4.74 Å². The van der Waals surface area contributed by atoms with Gasteiger partial charge in [-0.1, -0.05) is 40.0 Å². The number of aliphatic hydroxyl groups is 3. The Morgan fingerprint density at radius 1 is 1.06 bits per heavy atom. The number of hydrogen-bond acceptors (Lipinski definition) is 6. The Kier molecular flexibility index (Phi) is 8.17. The van der Waals surface area contributed by atoms with E-state index in [2.05, 4.69) is 26.1 Å². The third kappa shape index (κ3) is 4.58. The molecule has 0 aromatic rings. The average Bonchev–Trinajstić information content (AvgIpc) is 2.98. The molecule has 2 amide bonds. The topological polar surface area (TPSA) is 119 Å². The van der Waals surface area contributed by atoms with E-state index >= 15 is 0 Å². The van der Waals surface area contributed by atoms with E-state index in [1.807, 2.05) is 0 Å². The standard InChI is InChI=1S/C24H43N2O6P/c1-5-8-13-33(14-9-6-2,15-10-7-3)16-18-11-12-32-24-19(27)22(4,30)17-26(24)21(29)23(18,31)25-20(24)28/h18-19,27,30-31H,5-17H2,1-4H3/p+1/t18-,19+,22+,23-,24+/m1/s1. The van der Waals surface area contributed by atoms with Crippen LogP contribution in [0.3, 0.4) is 0 Å². The molecule has 4 heterocycles. The monoisotopic (exact) mass is 487 g/mol. The summed E-state index contributed by atoms with van der Waals surface area (Å²) in [6.45, 7) is 7.83. The van der Waals surface area contributed by atoms with E-state index in [9.17, 15) is 24.9 Å². The molecule has 0 saturated carbocycles. The van der Waals surface area contributed by atoms with Gasteiger partial charge in [-0.15, -0.1) is 0 Å². The van der Waals surface area contributed by atoms with E-state index in [0.29, 0.717) is 6.42 Å². The minimum atomic E-state index is -2.04. The summed E-state index contributed by atoms with van der Waals surface area (Å²) in [5.74, 6) is -1.89. The molecular formula is C24H44N2O6P+. The number of unbranched alkanes of at least 4 members (excludes halogenated alkanes) is 3. The first kappa shape index (κ1) is 26.8. The lowest BCUT2D eigenvalue weighted by molar-refractivity contribution is -0.242. The highest BCUT2D eigenvalue weighted by Crippen LogP contribution is 2.63. The maximum atomic E-state index is 13.6. The van der Waals surface area contributed by atoms with Gasteiger partial charge in [0.05, 0.1) is 43.7 Å². The van der Waals surface area contributed by atoms with Gasteiger partial charge in [0.1, 0.15) is 11.7 Å². The van der Waals surface area contributed by atoms with Crippen molar-refractivity contribution in [3.05, 3.63) is 0 Å². The van der Waals surface area contributed by atoms with Gasteiger partial charge in [0.25, 0.3) is 17.5 Å². The van der Waals surface area contributed by atoms with E-state index in [1.54, 1.807) is 0 Å². The summed E-state index contributed by atoms with van der Waals surface area (Å²) in [5, 5.41) is 35.7. The first-order chi connectivity index (χ1) is 15.5. The SMILES string of the molecule is CCCC[P+](CCCC)(CCCC)C[C@H]1CCO[C@@]23C(=O)N[C@]1(O)C(=O)N2C[C@](C)(O)[C@@H]3O. The van der Waals surface area contributed by atoms with Crippen LogP contribution in [0.1, 0.15) is 72.6 Å². The normalized spacial score (nSPS) is 36.5. The Bertz CT molecular complexity index is 712. The molecule has 4 rings (SSSR count). The highest BCUT2D eigenvalue weighted by atomic mass is 31.2. The van der Waals surface area contributed by atoms with Crippen LogP contribution in [0.15, 0.2) is 0 Å². The molecule has 2 bridgehead atoms. The van der Waals surface area contributed by atoms with Crippen molar-refractivity contribution in [2.75, 3.05) is 37.8 Å². The van der Waals surface area contributed by atoms with Crippen LogP contribution in [-0.2, 0) is 14.3 Å². The number of carbonyl (C=O) groups excluding carboxylic acids is 2. The van der Waals surface area contributed by atoms with Gasteiger partial charge in [0.2, 0.25) is 5.72 Å². The second kappa shape index (κ2) is 10.1. The number of amides is 2. The first-order valence-electron chi connectivity index (χ1n) is 12.8. The lowest BCUT2D eigenvalue weighted by atomic mass is 9.86. The van der Waals surface area contributed by atoms with E-state index in [1.165, 1.54) is 6.92 Å². The molecule has 4 fully saturated rings. The third-order valence-electron chi connectivity index (χ3n) is 7.98. The Labute approximate surface area is 198 Å². The third-order valence-corrected chi connectivity index (χ3v) is 13.0. The highest BCUT2D eigenvalue weighted by molar-refractivity contribution is 7.75. The fraction of sp³-hybridized carbons (Fsp3) is 0.917. The van der Waals surface area contributed by atoms with Crippen LogP contribution < -0.4 is 5.32 Å². The molecule has 8 nitrogen and oxygen atoms in total. The van der Waals surface area contributed by atoms with Crippen molar-refractivity contribution in [1.82, 2.24) is 10.2 Å². The van der Waals surface area contributed by atoms with Gasteiger partial charge in [-0.3, -0.25) is 14.5 Å². The zero-order valence-corrected chi connectivity index (χ0v) is 21.7. The van der Waals surface area contributed by atoms with Crippen molar-refractivity contribution in [3.8, 4) is 0 Å². The molecule has 0 aromatic heterocycles. The van der Waals surface area contributed by atoms with E-state index in [-0.39, 0.29) is 13.2 Å². The number of rotatable bonds is 11. The van der Waals surface area contributed by atoms with Crippen molar-refractivity contribution in [3.63, 3.8) is 0 Å². The van der Waals surface area contributed by atoms with Crippen LogP contribution in [0.25, 0.3) is 0 Å². The van der Waals surface area contributed by atoms with Gasteiger partial charge in [-0.05, 0) is 32.6 Å². The van der Waals surface area contributed by atoms with Crippen molar-refractivity contribution in [1.29, 1.82) is 0 Å². The largest absolute Gasteiger partial charge is 0.385 e. The molecule has 9 heteroatoms. The lowest BCUT2D eigenvalue weighted by Crippen LogP contribution is -2.80. The average molecular weight is 488 g/mol. The molecule has 0 unspecified atom stereocenters. The van der Waals surface area contributed by atoms with Gasteiger partial charge >= 0.3 is 0 Å². The Morgan fingerprint density at radius 3 is 2.12 bits per heavy atom. The van der Waals surface area contributed by atoms with Gasteiger partial charge in [-0.2, -0.15) is 0 Å². The molecule has 5 atom stereocenters. The highest BCUT2D eigenvalue weighted by Gasteiger charge is 2.73. The molecule has 1 spiro atoms. The maximum absolute atomic E-state index is 13.6. The second-order valence-corrected chi connectivity index (χ2v) is 15.0. The molecular weight excluding hydrogens is 443 g/mol. The summed E-state index contributed by atoms with van der Waals surface area (Å²) in [7, 11) is -1.47. The summed E-state index contributed by atoms with van der Waals surface area (Å²) in [6, 6.07) is 0. The number of carbonyl (C=O) groups is 2. The predicted octanol–water partition coefficient (Wildman–Crippen LogP) is 1.91. The van der Waals surface area contributed by atoms with Crippen LogP contribution in [0.5, 0.6) is 0 Å². The summed E-state index contributed by atoms with van der Waals surface area (Å²) in [5.41, 5.74) is -5.74. The van der Waals surface area contributed by atoms with Gasteiger partial charge in [-0.25, -0.2) is 0 Å². The molecule has 0 radical (unpaired) electrons. The van der Waals surface area contributed by atoms with Crippen LogP contribution in [0.2, 0.25) is 0 Å². The fourth-order valence-electron chi connectivity index (χ4n) is 5.93. The number of ether oxygens (including phenoxy) is 1. The maximum Gasteiger partial charge on any atom is 0.279 e. The zero-order chi connectivity index (χ0) is 24.5. The summed E-state index contributed by atoms with van der Waals surface area (Å²) < 4.78 is 5.93. The smallest absolute Gasteiger partial charge is 0.279 e. The fourth-order valence-corrected chi connectivity index (χ4v) is 11.5. The zero-order valence-electron chi connectivity index (χ0n) is 20.8. The van der Waals surface area contributed by atoms with Crippen LogP contribution >= 0.6 is 7.26 Å².